The molecule has 0 spiro atoms. The zero-order valence-corrected chi connectivity index (χ0v) is 26.2. The van der Waals surface area contributed by atoms with Gasteiger partial charge in [-0.05, 0) is 98.1 Å². The number of para-hydroxylation sites is 1. The quantitative estimate of drug-likeness (QED) is 0.188. The summed E-state index contributed by atoms with van der Waals surface area (Å²) in [6.45, 7) is 2.12. The molecular formula is C44H30N2O. The number of nitrogens with zero attached hydrogens (tertiary/aromatic N) is 2. The molecule has 0 aliphatic carbocycles. The fourth-order valence-electron chi connectivity index (χ4n) is 7.17. The summed E-state index contributed by atoms with van der Waals surface area (Å²) in [4.78, 5) is 9.82. The van der Waals surface area contributed by atoms with Crippen molar-refractivity contribution in [3.8, 4) is 39.1 Å². The second kappa shape index (κ2) is 10.8. The number of rotatable bonds is 4. The van der Waals surface area contributed by atoms with Crippen LogP contribution < -0.4 is 4.74 Å². The van der Waals surface area contributed by atoms with Crippen LogP contribution in [0.25, 0.3) is 87.5 Å². The topological polar surface area (TPSA) is 35.0 Å². The van der Waals surface area contributed by atoms with Crippen LogP contribution in [0.15, 0.2) is 146 Å². The zero-order chi connectivity index (χ0) is 31.5. The van der Waals surface area contributed by atoms with Gasteiger partial charge in [0.15, 0.2) is 0 Å². The van der Waals surface area contributed by atoms with Gasteiger partial charge in [-0.1, -0.05) is 97.1 Å². The lowest BCUT2D eigenvalue weighted by Gasteiger charge is -2.17. The van der Waals surface area contributed by atoms with Crippen molar-refractivity contribution < 1.29 is 4.74 Å². The highest BCUT2D eigenvalue weighted by Crippen LogP contribution is 2.43. The van der Waals surface area contributed by atoms with E-state index in [0.29, 0.717) is 0 Å². The lowest BCUT2D eigenvalue weighted by atomic mass is 9.88. The Balaban J connectivity index is 1.27. The Kier molecular flexibility index (Phi) is 6.26. The van der Waals surface area contributed by atoms with Crippen LogP contribution in [0, 0.1) is 6.92 Å². The van der Waals surface area contributed by atoms with Gasteiger partial charge in [-0.15, -0.1) is 0 Å². The number of hydrogen-bond donors (Lipinski definition) is 0. The van der Waals surface area contributed by atoms with Crippen LogP contribution in [0.3, 0.4) is 0 Å². The molecule has 2 heterocycles. The molecular weight excluding hydrogens is 572 g/mol. The molecule has 0 N–H and O–H groups in total. The lowest BCUT2D eigenvalue weighted by Crippen LogP contribution is -1.92. The van der Waals surface area contributed by atoms with Crippen molar-refractivity contribution in [1.82, 2.24) is 9.97 Å². The Morgan fingerprint density at radius 3 is 1.91 bits per heavy atom. The Morgan fingerprint density at radius 2 is 1.13 bits per heavy atom. The third kappa shape index (κ3) is 4.51. The molecule has 0 radical (unpaired) electrons. The molecule has 7 aromatic carbocycles. The van der Waals surface area contributed by atoms with E-state index < -0.39 is 0 Å². The normalized spacial score (nSPS) is 11.6. The standard InChI is InChI=1S/C44H30N2O/c1-27-19-31(22-34(20-27)47-2)39-24-40-36-11-5-7-13-38(36)44-41(43(40)37-12-6-4-10-35(37)39)23-33(26-46-44)29-17-15-28(16-18-29)32-21-30-9-3-8-14-42(30)45-25-32/h3-26H,1-2H3. The van der Waals surface area contributed by atoms with Crippen molar-refractivity contribution in [2.75, 3.05) is 7.11 Å². The second-order valence-corrected chi connectivity index (χ2v) is 12.3. The van der Waals surface area contributed by atoms with Gasteiger partial charge in [-0.25, -0.2) is 0 Å². The summed E-state index contributed by atoms with van der Waals surface area (Å²) in [5.74, 6) is 0.865. The molecule has 0 amide bonds. The Bertz CT molecular complexity index is 2670. The smallest absolute Gasteiger partial charge is 0.119 e. The highest BCUT2D eigenvalue weighted by molar-refractivity contribution is 6.32. The second-order valence-electron chi connectivity index (χ2n) is 12.3. The van der Waals surface area contributed by atoms with Crippen LogP contribution in [0.4, 0.5) is 0 Å². The van der Waals surface area contributed by atoms with E-state index in [-0.39, 0.29) is 0 Å². The largest absolute Gasteiger partial charge is 0.497 e. The van der Waals surface area contributed by atoms with Crippen LogP contribution in [0.1, 0.15) is 5.56 Å². The first kappa shape index (κ1) is 27.3. The Labute approximate surface area is 272 Å². The molecule has 3 heteroatoms. The summed E-state index contributed by atoms with van der Waals surface area (Å²) in [6.07, 6.45) is 3.97. The van der Waals surface area contributed by atoms with Gasteiger partial charge < -0.3 is 4.74 Å². The molecule has 222 valence electrons. The summed E-state index contributed by atoms with van der Waals surface area (Å²) in [5.41, 5.74) is 10.0. The molecule has 0 saturated heterocycles. The first-order chi connectivity index (χ1) is 23.1. The summed E-state index contributed by atoms with van der Waals surface area (Å²) >= 11 is 0. The summed E-state index contributed by atoms with van der Waals surface area (Å²) < 4.78 is 5.68. The van der Waals surface area contributed by atoms with E-state index in [0.717, 1.165) is 60.8 Å². The monoisotopic (exact) mass is 602 g/mol. The maximum absolute atomic E-state index is 5.68. The van der Waals surface area contributed by atoms with Crippen molar-refractivity contribution in [3.05, 3.63) is 151 Å². The molecule has 0 unspecified atom stereocenters. The molecule has 0 bridgehead atoms. The van der Waals surface area contributed by atoms with Crippen molar-refractivity contribution in [1.29, 1.82) is 0 Å². The number of aromatic nitrogens is 2. The van der Waals surface area contributed by atoms with Crippen LogP contribution in [0.5, 0.6) is 5.75 Å². The van der Waals surface area contributed by atoms with Crippen LogP contribution in [0.2, 0.25) is 0 Å². The van der Waals surface area contributed by atoms with Gasteiger partial charge in [0.05, 0.1) is 18.1 Å². The number of benzene rings is 7. The van der Waals surface area contributed by atoms with E-state index >= 15 is 0 Å². The van der Waals surface area contributed by atoms with Crippen molar-refractivity contribution in [2.24, 2.45) is 0 Å². The average Bonchev–Trinajstić information content (AvgIpc) is 3.13. The first-order valence-corrected chi connectivity index (χ1v) is 15.9. The van der Waals surface area contributed by atoms with Crippen LogP contribution >= 0.6 is 0 Å². The third-order valence-corrected chi connectivity index (χ3v) is 9.41. The van der Waals surface area contributed by atoms with Gasteiger partial charge in [0.1, 0.15) is 5.75 Å². The maximum Gasteiger partial charge on any atom is 0.119 e. The van der Waals surface area contributed by atoms with E-state index in [2.05, 4.69) is 133 Å². The minimum absolute atomic E-state index is 0.865. The minimum atomic E-state index is 0.865. The Hall–Kier alpha value is -6.06. The molecule has 0 fully saturated rings. The van der Waals surface area contributed by atoms with Gasteiger partial charge in [0, 0.05) is 39.7 Å². The minimum Gasteiger partial charge on any atom is -0.497 e. The molecule has 0 saturated carbocycles. The predicted octanol–water partition coefficient (Wildman–Crippen LogP) is 11.6. The van der Waals surface area contributed by atoms with Gasteiger partial charge >= 0.3 is 0 Å². The molecule has 3 nitrogen and oxygen atoms in total. The van der Waals surface area contributed by atoms with E-state index in [1.165, 1.54) is 38.1 Å². The van der Waals surface area contributed by atoms with Crippen molar-refractivity contribution in [3.63, 3.8) is 0 Å². The summed E-state index contributed by atoms with van der Waals surface area (Å²) in [6, 6.07) is 47.8. The molecule has 0 aliphatic rings. The maximum atomic E-state index is 5.68. The third-order valence-electron chi connectivity index (χ3n) is 9.41. The van der Waals surface area contributed by atoms with Gasteiger partial charge in [0.2, 0.25) is 0 Å². The zero-order valence-electron chi connectivity index (χ0n) is 26.2. The Morgan fingerprint density at radius 1 is 0.468 bits per heavy atom. The molecule has 9 rings (SSSR count). The van der Waals surface area contributed by atoms with E-state index in [1.807, 2.05) is 24.5 Å². The number of hydrogen-bond acceptors (Lipinski definition) is 3. The average molecular weight is 603 g/mol. The molecule has 2 aromatic heterocycles. The van der Waals surface area contributed by atoms with Crippen LogP contribution in [-0.2, 0) is 0 Å². The highest BCUT2D eigenvalue weighted by atomic mass is 16.5. The van der Waals surface area contributed by atoms with E-state index in [9.17, 15) is 0 Å². The van der Waals surface area contributed by atoms with Crippen molar-refractivity contribution >= 4 is 54.1 Å². The fourth-order valence-corrected chi connectivity index (χ4v) is 7.17. The first-order valence-electron chi connectivity index (χ1n) is 15.9. The van der Waals surface area contributed by atoms with Gasteiger partial charge in [-0.3, -0.25) is 9.97 Å². The van der Waals surface area contributed by atoms with E-state index in [4.69, 9.17) is 9.72 Å². The van der Waals surface area contributed by atoms with Crippen LogP contribution in [-0.4, -0.2) is 17.1 Å². The molecule has 0 aliphatic heterocycles. The lowest BCUT2D eigenvalue weighted by molar-refractivity contribution is 0.414. The number of aryl methyl sites for hydroxylation is 1. The number of methoxy groups -OCH3 is 1. The number of fused-ring (bicyclic) bond motifs is 9. The van der Waals surface area contributed by atoms with E-state index in [1.54, 1.807) is 7.11 Å². The SMILES string of the molecule is COc1cc(C)cc(-c2cc3c4ccccc4c4ncc(-c5ccc(-c6cnc7ccccc7c6)cc5)cc4c3c3ccccc23)c1. The van der Waals surface area contributed by atoms with Gasteiger partial charge in [0.25, 0.3) is 0 Å². The number of ether oxygens (including phenoxy) is 1. The highest BCUT2D eigenvalue weighted by Gasteiger charge is 2.17. The fraction of sp³-hybridized carbons (Fsp3) is 0.0455. The predicted molar refractivity (Wildman–Crippen MR) is 197 cm³/mol. The number of pyridine rings is 2. The molecule has 47 heavy (non-hydrogen) atoms. The van der Waals surface area contributed by atoms with Crippen molar-refractivity contribution in [2.45, 2.75) is 6.92 Å². The summed E-state index contributed by atoms with van der Waals surface area (Å²) in [7, 11) is 1.73. The van der Waals surface area contributed by atoms with Gasteiger partial charge in [-0.2, -0.15) is 0 Å². The summed E-state index contributed by atoms with van der Waals surface area (Å²) in [5, 5.41) is 9.54. The molecule has 0 atom stereocenters. The molecule has 9 aromatic rings.